The topological polar surface area (TPSA) is 84.9 Å². The maximum absolute atomic E-state index is 11.9. The van der Waals surface area contributed by atoms with E-state index in [0.717, 1.165) is 0 Å². The molecule has 0 spiro atoms. The second kappa shape index (κ2) is 7.79. The van der Waals surface area contributed by atoms with Gasteiger partial charge in [-0.15, -0.1) is 0 Å². The molecule has 122 valence electrons. The number of hydrogen-bond donors (Lipinski definition) is 2. The highest BCUT2D eigenvalue weighted by Crippen LogP contribution is 2.19. The predicted octanol–water partition coefficient (Wildman–Crippen LogP) is 2.18. The Morgan fingerprint density at radius 1 is 1.23 bits per heavy atom. The fourth-order valence-electron chi connectivity index (χ4n) is 1.80. The zero-order valence-corrected chi connectivity index (χ0v) is 13.3. The second-order valence-corrected chi connectivity index (χ2v) is 5.73. The molecular formula is C16H23NO5. The van der Waals surface area contributed by atoms with E-state index in [-0.39, 0.29) is 6.61 Å². The number of aliphatic hydroxyl groups is 1. The van der Waals surface area contributed by atoms with E-state index in [1.54, 1.807) is 58.0 Å². The molecule has 0 saturated heterocycles. The van der Waals surface area contributed by atoms with Crippen LogP contribution in [0.2, 0.25) is 0 Å². The molecule has 0 aliphatic heterocycles. The number of ether oxygens (including phenoxy) is 2. The average molecular weight is 309 g/mol. The Morgan fingerprint density at radius 2 is 1.82 bits per heavy atom. The summed E-state index contributed by atoms with van der Waals surface area (Å²) in [5.41, 5.74) is -0.103. The Bertz CT molecular complexity index is 495. The van der Waals surface area contributed by atoms with Crippen molar-refractivity contribution in [2.75, 3.05) is 6.61 Å². The first-order valence-electron chi connectivity index (χ1n) is 7.13. The third kappa shape index (κ3) is 5.73. The number of benzene rings is 1. The van der Waals surface area contributed by atoms with Gasteiger partial charge in [0, 0.05) is 0 Å². The molecule has 1 rings (SSSR count). The fourth-order valence-corrected chi connectivity index (χ4v) is 1.80. The van der Waals surface area contributed by atoms with Crippen molar-refractivity contribution in [3.63, 3.8) is 0 Å². The fraction of sp³-hybridized carbons (Fsp3) is 0.500. The van der Waals surface area contributed by atoms with E-state index >= 15 is 0 Å². The Balaban J connectivity index is 2.93. The molecule has 0 aromatic heterocycles. The molecule has 1 aromatic carbocycles. The molecule has 2 N–H and O–H groups in total. The molecule has 0 radical (unpaired) electrons. The molecule has 2 atom stereocenters. The van der Waals surface area contributed by atoms with Gasteiger partial charge in [-0.2, -0.15) is 0 Å². The molecule has 22 heavy (non-hydrogen) atoms. The zero-order chi connectivity index (χ0) is 16.8. The lowest BCUT2D eigenvalue weighted by Crippen LogP contribution is -2.43. The summed E-state index contributed by atoms with van der Waals surface area (Å²) in [5, 5.41) is 12.7. The molecule has 0 aliphatic carbocycles. The van der Waals surface area contributed by atoms with Gasteiger partial charge in [-0.05, 0) is 33.3 Å². The van der Waals surface area contributed by atoms with Crippen LogP contribution in [0.1, 0.15) is 39.3 Å². The summed E-state index contributed by atoms with van der Waals surface area (Å²) >= 11 is 0. The van der Waals surface area contributed by atoms with E-state index in [1.807, 2.05) is 0 Å². The monoisotopic (exact) mass is 309 g/mol. The molecule has 0 heterocycles. The van der Waals surface area contributed by atoms with Gasteiger partial charge in [0.1, 0.15) is 5.60 Å². The minimum absolute atomic E-state index is 0.143. The Hall–Kier alpha value is -2.08. The normalized spacial score (nSPS) is 13.9. The summed E-state index contributed by atoms with van der Waals surface area (Å²) in [6.07, 6.45) is -2.24. The molecule has 0 aliphatic rings. The molecule has 1 amide bonds. The molecule has 0 bridgehead atoms. The van der Waals surface area contributed by atoms with Gasteiger partial charge in [0.2, 0.25) is 0 Å². The number of alkyl carbamates (subject to hydrolysis) is 1. The summed E-state index contributed by atoms with van der Waals surface area (Å²) in [6, 6.07) is 7.74. The summed E-state index contributed by atoms with van der Waals surface area (Å²) in [5.74, 6) is -0.799. The Labute approximate surface area is 130 Å². The van der Waals surface area contributed by atoms with Crippen LogP contribution < -0.4 is 5.32 Å². The van der Waals surface area contributed by atoms with E-state index in [9.17, 15) is 14.7 Å². The third-order valence-electron chi connectivity index (χ3n) is 2.67. The first-order chi connectivity index (χ1) is 10.2. The number of amides is 1. The molecule has 0 fully saturated rings. The van der Waals surface area contributed by atoms with Crippen molar-refractivity contribution in [1.29, 1.82) is 0 Å². The first kappa shape index (κ1) is 18.0. The van der Waals surface area contributed by atoms with E-state index in [1.165, 1.54) is 0 Å². The minimum Gasteiger partial charge on any atom is -0.464 e. The summed E-state index contributed by atoms with van der Waals surface area (Å²) in [6.45, 7) is 6.97. The van der Waals surface area contributed by atoms with Crippen LogP contribution in [-0.2, 0) is 14.3 Å². The standard InChI is InChI=1S/C16H23NO5/c1-5-21-14(19)13(18)12(11-9-7-6-8-10-11)17-15(20)22-16(2,3)4/h6-10,12-13,18H,5H2,1-4H3,(H,17,20)/t12-,13+/m0/s1. The Kier molecular flexibility index (Phi) is 6.37. The summed E-state index contributed by atoms with van der Waals surface area (Å²) < 4.78 is 9.97. The van der Waals surface area contributed by atoms with E-state index in [0.29, 0.717) is 5.56 Å². The largest absolute Gasteiger partial charge is 0.464 e. The van der Waals surface area contributed by atoms with Crippen LogP contribution in [-0.4, -0.2) is 35.5 Å². The van der Waals surface area contributed by atoms with Crippen molar-refractivity contribution in [2.45, 2.75) is 45.4 Å². The molecule has 0 unspecified atom stereocenters. The smallest absolute Gasteiger partial charge is 0.408 e. The van der Waals surface area contributed by atoms with Crippen LogP contribution >= 0.6 is 0 Å². The van der Waals surface area contributed by atoms with Crippen molar-refractivity contribution in [2.24, 2.45) is 0 Å². The first-order valence-corrected chi connectivity index (χ1v) is 7.13. The van der Waals surface area contributed by atoms with Crippen molar-refractivity contribution >= 4 is 12.1 Å². The molecule has 0 saturated carbocycles. The van der Waals surface area contributed by atoms with Gasteiger partial charge in [0.05, 0.1) is 12.6 Å². The lowest BCUT2D eigenvalue weighted by atomic mass is 10.0. The third-order valence-corrected chi connectivity index (χ3v) is 2.67. The molecule has 1 aromatic rings. The number of rotatable bonds is 5. The van der Waals surface area contributed by atoms with Crippen LogP contribution in [0.15, 0.2) is 30.3 Å². The average Bonchev–Trinajstić information content (AvgIpc) is 2.43. The van der Waals surface area contributed by atoms with Crippen LogP contribution in [0, 0.1) is 0 Å². The van der Waals surface area contributed by atoms with Crippen molar-refractivity contribution in [3.8, 4) is 0 Å². The highest BCUT2D eigenvalue weighted by atomic mass is 16.6. The SMILES string of the molecule is CCOC(=O)[C@H](O)[C@@H](NC(=O)OC(C)(C)C)c1ccccc1. The van der Waals surface area contributed by atoms with Crippen molar-refractivity contribution < 1.29 is 24.2 Å². The van der Waals surface area contributed by atoms with E-state index in [4.69, 9.17) is 9.47 Å². The second-order valence-electron chi connectivity index (χ2n) is 5.73. The van der Waals surface area contributed by atoms with Gasteiger partial charge in [-0.1, -0.05) is 30.3 Å². The zero-order valence-electron chi connectivity index (χ0n) is 13.3. The number of carbonyl (C=O) groups is 2. The van der Waals surface area contributed by atoms with Gasteiger partial charge in [-0.3, -0.25) is 0 Å². The van der Waals surface area contributed by atoms with Gasteiger partial charge < -0.3 is 19.9 Å². The summed E-state index contributed by atoms with van der Waals surface area (Å²) in [7, 11) is 0. The number of hydrogen-bond acceptors (Lipinski definition) is 5. The van der Waals surface area contributed by atoms with Gasteiger partial charge in [0.15, 0.2) is 6.10 Å². The van der Waals surface area contributed by atoms with Crippen LogP contribution in [0.25, 0.3) is 0 Å². The van der Waals surface area contributed by atoms with Gasteiger partial charge in [0.25, 0.3) is 0 Å². The Morgan fingerprint density at radius 3 is 2.32 bits per heavy atom. The van der Waals surface area contributed by atoms with Gasteiger partial charge in [-0.25, -0.2) is 9.59 Å². The highest BCUT2D eigenvalue weighted by molar-refractivity contribution is 5.77. The number of esters is 1. The highest BCUT2D eigenvalue weighted by Gasteiger charge is 2.31. The van der Waals surface area contributed by atoms with E-state index in [2.05, 4.69) is 5.32 Å². The maximum Gasteiger partial charge on any atom is 0.408 e. The predicted molar refractivity (Wildman–Crippen MR) is 81.2 cm³/mol. The summed E-state index contributed by atoms with van der Waals surface area (Å²) in [4.78, 5) is 23.7. The van der Waals surface area contributed by atoms with Crippen molar-refractivity contribution in [1.82, 2.24) is 5.32 Å². The molecule has 6 heteroatoms. The minimum atomic E-state index is -1.52. The van der Waals surface area contributed by atoms with E-state index < -0.39 is 29.8 Å². The van der Waals surface area contributed by atoms with Crippen LogP contribution in [0.5, 0.6) is 0 Å². The number of nitrogens with one attached hydrogen (secondary N) is 1. The molecule has 6 nitrogen and oxygen atoms in total. The lowest BCUT2D eigenvalue weighted by molar-refractivity contribution is -0.154. The molecular weight excluding hydrogens is 286 g/mol. The quantitative estimate of drug-likeness (QED) is 0.814. The van der Waals surface area contributed by atoms with Crippen LogP contribution in [0.4, 0.5) is 4.79 Å². The lowest BCUT2D eigenvalue weighted by Gasteiger charge is -2.26. The number of carbonyl (C=O) groups excluding carboxylic acids is 2. The van der Waals surface area contributed by atoms with Gasteiger partial charge >= 0.3 is 12.1 Å². The number of aliphatic hydroxyl groups excluding tert-OH is 1. The van der Waals surface area contributed by atoms with Crippen LogP contribution in [0.3, 0.4) is 0 Å². The maximum atomic E-state index is 11.9. The van der Waals surface area contributed by atoms with Crippen molar-refractivity contribution in [3.05, 3.63) is 35.9 Å².